The third-order valence-electron chi connectivity index (χ3n) is 4.11. The number of nitrogens with zero attached hydrogens (tertiary/aromatic N) is 1. The molecule has 2 atom stereocenters. The number of carboxylic acid groups (broad SMARTS) is 1. The fourth-order valence-electron chi connectivity index (χ4n) is 2.80. The highest BCUT2D eigenvalue weighted by Crippen LogP contribution is 2.34. The highest BCUT2D eigenvalue weighted by atomic mass is 19.1. The lowest BCUT2D eigenvalue weighted by atomic mass is 9.97. The number of urea groups is 1. The zero-order chi connectivity index (χ0) is 16.1. The van der Waals surface area contributed by atoms with Crippen molar-refractivity contribution in [2.75, 3.05) is 13.6 Å². The van der Waals surface area contributed by atoms with Gasteiger partial charge >= 0.3 is 12.0 Å². The summed E-state index contributed by atoms with van der Waals surface area (Å²) in [6.07, 6.45) is 2.59. The first-order valence-corrected chi connectivity index (χ1v) is 7.44. The maximum atomic E-state index is 12.9. The van der Waals surface area contributed by atoms with Gasteiger partial charge in [-0.05, 0) is 42.9 Å². The zero-order valence-electron chi connectivity index (χ0n) is 12.6. The van der Waals surface area contributed by atoms with Crippen LogP contribution in [-0.2, 0) is 4.79 Å². The lowest BCUT2D eigenvalue weighted by Crippen LogP contribution is -2.42. The molecule has 2 amide bonds. The van der Waals surface area contributed by atoms with E-state index in [2.05, 4.69) is 5.32 Å². The molecule has 1 aromatic carbocycles. The number of halogens is 1. The van der Waals surface area contributed by atoms with Crippen LogP contribution in [0.4, 0.5) is 9.18 Å². The average molecular weight is 308 g/mol. The second kappa shape index (κ2) is 7.24. The summed E-state index contributed by atoms with van der Waals surface area (Å²) in [5.74, 6) is -0.834. The van der Waals surface area contributed by atoms with E-state index in [9.17, 15) is 14.0 Å². The van der Waals surface area contributed by atoms with Crippen LogP contribution in [0, 0.1) is 5.82 Å². The second-order valence-electron chi connectivity index (χ2n) is 5.77. The number of carbonyl (C=O) groups is 2. The van der Waals surface area contributed by atoms with E-state index in [1.165, 1.54) is 17.0 Å². The number of rotatable bonds is 5. The first-order valence-electron chi connectivity index (χ1n) is 7.44. The van der Waals surface area contributed by atoms with Crippen molar-refractivity contribution in [3.63, 3.8) is 0 Å². The van der Waals surface area contributed by atoms with Gasteiger partial charge in [0, 0.05) is 19.6 Å². The monoisotopic (exact) mass is 308 g/mol. The molecule has 1 aliphatic rings. The lowest BCUT2D eigenvalue weighted by Gasteiger charge is -2.20. The molecule has 2 rings (SSSR count). The minimum Gasteiger partial charge on any atom is -0.481 e. The van der Waals surface area contributed by atoms with Gasteiger partial charge in [0.05, 0.1) is 6.42 Å². The van der Waals surface area contributed by atoms with E-state index < -0.39 is 5.97 Å². The van der Waals surface area contributed by atoms with Gasteiger partial charge in [-0.25, -0.2) is 9.18 Å². The maximum absolute atomic E-state index is 12.9. The van der Waals surface area contributed by atoms with Crippen LogP contribution >= 0.6 is 0 Å². The molecule has 2 unspecified atom stereocenters. The van der Waals surface area contributed by atoms with E-state index >= 15 is 0 Å². The largest absolute Gasteiger partial charge is 0.481 e. The van der Waals surface area contributed by atoms with Gasteiger partial charge in [-0.3, -0.25) is 4.79 Å². The van der Waals surface area contributed by atoms with E-state index in [1.807, 2.05) is 0 Å². The molecule has 1 aliphatic carbocycles. The Morgan fingerprint density at radius 2 is 2.00 bits per heavy atom. The van der Waals surface area contributed by atoms with Crippen LogP contribution in [0.25, 0.3) is 0 Å². The number of carbonyl (C=O) groups excluding carboxylic acids is 1. The predicted molar refractivity (Wildman–Crippen MR) is 80.2 cm³/mol. The molecule has 2 N–H and O–H groups in total. The average Bonchev–Trinajstić information content (AvgIpc) is 2.93. The van der Waals surface area contributed by atoms with Crippen LogP contribution < -0.4 is 5.32 Å². The fraction of sp³-hybridized carbons (Fsp3) is 0.500. The minimum absolute atomic E-state index is 0.0627. The van der Waals surface area contributed by atoms with Gasteiger partial charge < -0.3 is 15.3 Å². The van der Waals surface area contributed by atoms with Gasteiger partial charge in [0.1, 0.15) is 5.82 Å². The Balaban J connectivity index is 1.81. The topological polar surface area (TPSA) is 69.6 Å². The number of benzene rings is 1. The fourth-order valence-corrected chi connectivity index (χ4v) is 2.80. The highest BCUT2D eigenvalue weighted by Gasteiger charge is 2.27. The summed E-state index contributed by atoms with van der Waals surface area (Å²) < 4.78 is 12.9. The molecule has 0 spiro atoms. The summed E-state index contributed by atoms with van der Waals surface area (Å²) in [6.45, 7) is 0.190. The molecule has 0 saturated heterocycles. The van der Waals surface area contributed by atoms with Crippen molar-refractivity contribution in [1.82, 2.24) is 10.2 Å². The van der Waals surface area contributed by atoms with Crippen LogP contribution in [0.2, 0.25) is 0 Å². The van der Waals surface area contributed by atoms with Crippen LogP contribution in [0.1, 0.15) is 37.2 Å². The molecule has 0 aromatic heterocycles. The van der Waals surface area contributed by atoms with Crippen molar-refractivity contribution >= 4 is 12.0 Å². The number of carboxylic acids is 1. The molecule has 22 heavy (non-hydrogen) atoms. The van der Waals surface area contributed by atoms with E-state index in [-0.39, 0.29) is 30.9 Å². The number of hydrogen-bond donors (Lipinski definition) is 2. The van der Waals surface area contributed by atoms with Crippen molar-refractivity contribution in [1.29, 1.82) is 0 Å². The van der Waals surface area contributed by atoms with Crippen LogP contribution in [0.5, 0.6) is 0 Å². The van der Waals surface area contributed by atoms with Gasteiger partial charge in [0.2, 0.25) is 0 Å². The Labute approximate surface area is 129 Å². The van der Waals surface area contributed by atoms with Crippen molar-refractivity contribution in [2.24, 2.45) is 0 Å². The molecule has 1 saturated carbocycles. The van der Waals surface area contributed by atoms with Crippen molar-refractivity contribution < 1.29 is 19.1 Å². The van der Waals surface area contributed by atoms with Crippen LogP contribution in [0.3, 0.4) is 0 Å². The van der Waals surface area contributed by atoms with Gasteiger partial charge in [-0.1, -0.05) is 12.1 Å². The smallest absolute Gasteiger partial charge is 0.317 e. The van der Waals surface area contributed by atoms with Gasteiger partial charge in [-0.2, -0.15) is 0 Å². The summed E-state index contributed by atoms with van der Waals surface area (Å²) in [4.78, 5) is 23.9. The molecule has 0 aliphatic heterocycles. The standard InChI is InChI=1S/C16H21FN2O3/c1-19(9-8-15(20)21)16(22)18-14-7-4-12(10-14)11-2-5-13(17)6-3-11/h2-3,5-6,12,14H,4,7-10H2,1H3,(H,18,22)(H,20,21). The number of amides is 2. The molecule has 0 bridgehead atoms. The normalized spacial score (nSPS) is 20.6. The van der Waals surface area contributed by atoms with Gasteiger partial charge in [-0.15, -0.1) is 0 Å². The molecule has 1 aromatic rings. The molecule has 0 heterocycles. The molecule has 120 valence electrons. The maximum Gasteiger partial charge on any atom is 0.317 e. The Morgan fingerprint density at radius 1 is 1.32 bits per heavy atom. The Bertz CT molecular complexity index is 533. The van der Waals surface area contributed by atoms with Gasteiger partial charge in [0.15, 0.2) is 0 Å². The van der Waals surface area contributed by atoms with Crippen molar-refractivity contribution in [2.45, 2.75) is 37.6 Å². The van der Waals surface area contributed by atoms with E-state index in [4.69, 9.17) is 5.11 Å². The lowest BCUT2D eigenvalue weighted by molar-refractivity contribution is -0.137. The Morgan fingerprint density at radius 3 is 2.64 bits per heavy atom. The molecular weight excluding hydrogens is 287 g/mol. The van der Waals surface area contributed by atoms with E-state index in [0.29, 0.717) is 5.92 Å². The molecular formula is C16H21FN2O3. The van der Waals surface area contributed by atoms with E-state index in [0.717, 1.165) is 24.8 Å². The summed E-state index contributed by atoms with van der Waals surface area (Å²) in [6, 6.07) is 6.34. The summed E-state index contributed by atoms with van der Waals surface area (Å²) in [7, 11) is 1.59. The third kappa shape index (κ3) is 4.44. The Hall–Kier alpha value is -2.11. The number of nitrogens with one attached hydrogen (secondary N) is 1. The quantitative estimate of drug-likeness (QED) is 0.878. The summed E-state index contributed by atoms with van der Waals surface area (Å²) >= 11 is 0. The molecule has 0 radical (unpaired) electrons. The molecule has 1 fully saturated rings. The summed E-state index contributed by atoms with van der Waals surface area (Å²) in [5, 5.41) is 11.6. The Kier molecular flexibility index (Phi) is 5.35. The minimum atomic E-state index is -0.920. The SMILES string of the molecule is CN(CCC(=O)O)C(=O)NC1CCC(c2ccc(F)cc2)C1. The van der Waals surface area contributed by atoms with E-state index in [1.54, 1.807) is 19.2 Å². The molecule has 6 heteroatoms. The number of aliphatic carboxylic acids is 1. The third-order valence-corrected chi connectivity index (χ3v) is 4.11. The van der Waals surface area contributed by atoms with Crippen molar-refractivity contribution in [3.8, 4) is 0 Å². The first-order chi connectivity index (χ1) is 10.5. The molecule has 5 nitrogen and oxygen atoms in total. The zero-order valence-corrected chi connectivity index (χ0v) is 12.6. The van der Waals surface area contributed by atoms with Crippen LogP contribution in [-0.4, -0.2) is 41.6 Å². The van der Waals surface area contributed by atoms with Gasteiger partial charge in [0.25, 0.3) is 0 Å². The predicted octanol–water partition coefficient (Wildman–Crippen LogP) is 2.58. The second-order valence-corrected chi connectivity index (χ2v) is 5.77. The highest BCUT2D eigenvalue weighted by molar-refractivity contribution is 5.75. The first kappa shape index (κ1) is 16.3. The summed E-state index contributed by atoms with van der Waals surface area (Å²) in [5.41, 5.74) is 1.09. The van der Waals surface area contributed by atoms with Crippen LogP contribution in [0.15, 0.2) is 24.3 Å². The van der Waals surface area contributed by atoms with Crippen molar-refractivity contribution in [3.05, 3.63) is 35.6 Å². The number of hydrogen-bond acceptors (Lipinski definition) is 2.